The van der Waals surface area contributed by atoms with Crippen molar-refractivity contribution in [1.29, 1.82) is 0 Å². The Kier molecular flexibility index (Phi) is 4.80. The topological polar surface area (TPSA) is 41.6 Å². The van der Waals surface area contributed by atoms with Crippen molar-refractivity contribution < 1.29 is 9.53 Å². The molecule has 1 aliphatic heterocycles. The van der Waals surface area contributed by atoms with Gasteiger partial charge in [-0.3, -0.25) is 4.79 Å². The maximum absolute atomic E-state index is 12.2. The van der Waals surface area contributed by atoms with Gasteiger partial charge >= 0.3 is 0 Å². The molecule has 0 aliphatic carbocycles. The molecule has 1 fully saturated rings. The normalized spacial score (nSPS) is 19.9. The molecular weight excluding hydrogens is 240 g/mol. The number of amides is 1. The van der Waals surface area contributed by atoms with Gasteiger partial charge in [0.05, 0.1) is 0 Å². The highest BCUT2D eigenvalue weighted by atomic mass is 16.5. The van der Waals surface area contributed by atoms with Gasteiger partial charge in [-0.2, -0.15) is 0 Å². The quantitative estimate of drug-likeness (QED) is 0.899. The summed E-state index contributed by atoms with van der Waals surface area (Å²) in [6.45, 7) is 6.84. The minimum Gasteiger partial charge on any atom is -0.484 e. The molecule has 1 aromatic rings. The molecular formula is C15H22N2O2. The predicted molar refractivity (Wildman–Crippen MR) is 75.3 cm³/mol. The molecule has 1 unspecified atom stereocenters. The van der Waals surface area contributed by atoms with E-state index in [1.165, 1.54) is 5.56 Å². The standard InChI is InChI=1S/C15H22N2O2/c1-12-3-5-14(6-4-12)19-11-15(18)17-10-9-16-8-7-13(17)2/h3-6,13,16H,7-11H2,1-2H3. The van der Waals surface area contributed by atoms with E-state index < -0.39 is 0 Å². The van der Waals surface area contributed by atoms with Gasteiger partial charge in [-0.05, 0) is 38.9 Å². The lowest BCUT2D eigenvalue weighted by Gasteiger charge is -2.26. The van der Waals surface area contributed by atoms with Crippen LogP contribution in [-0.2, 0) is 4.79 Å². The van der Waals surface area contributed by atoms with Gasteiger partial charge in [0, 0.05) is 19.1 Å². The number of ether oxygens (including phenoxy) is 1. The summed E-state index contributed by atoms with van der Waals surface area (Å²) in [7, 11) is 0. The lowest BCUT2D eigenvalue weighted by Crippen LogP contribution is -2.42. The van der Waals surface area contributed by atoms with Crippen LogP contribution in [0, 0.1) is 6.92 Å². The smallest absolute Gasteiger partial charge is 0.260 e. The number of carbonyl (C=O) groups is 1. The minimum atomic E-state index is 0.0665. The maximum atomic E-state index is 12.2. The summed E-state index contributed by atoms with van der Waals surface area (Å²) >= 11 is 0. The molecule has 1 saturated heterocycles. The summed E-state index contributed by atoms with van der Waals surface area (Å²) in [5.41, 5.74) is 1.19. The number of hydrogen-bond donors (Lipinski definition) is 1. The van der Waals surface area contributed by atoms with E-state index in [1.54, 1.807) is 0 Å². The maximum Gasteiger partial charge on any atom is 0.260 e. The highest BCUT2D eigenvalue weighted by Crippen LogP contribution is 2.12. The van der Waals surface area contributed by atoms with E-state index in [0.717, 1.165) is 31.8 Å². The Hall–Kier alpha value is -1.55. The van der Waals surface area contributed by atoms with E-state index in [0.29, 0.717) is 0 Å². The Morgan fingerprint density at radius 2 is 2.11 bits per heavy atom. The number of benzene rings is 1. The lowest BCUT2D eigenvalue weighted by molar-refractivity contribution is -0.135. The van der Waals surface area contributed by atoms with Gasteiger partial charge < -0.3 is 15.0 Å². The van der Waals surface area contributed by atoms with Crippen LogP contribution in [-0.4, -0.2) is 43.1 Å². The summed E-state index contributed by atoms with van der Waals surface area (Å²) in [6.07, 6.45) is 0.996. The number of nitrogens with one attached hydrogen (secondary N) is 1. The SMILES string of the molecule is Cc1ccc(OCC(=O)N2CCNCCC2C)cc1. The largest absolute Gasteiger partial charge is 0.484 e. The molecule has 1 amide bonds. The zero-order valence-corrected chi connectivity index (χ0v) is 11.7. The molecule has 0 radical (unpaired) electrons. The summed E-state index contributed by atoms with van der Waals surface area (Å²) in [5.74, 6) is 0.816. The third-order valence-corrected chi connectivity index (χ3v) is 3.50. The fourth-order valence-corrected chi connectivity index (χ4v) is 2.24. The van der Waals surface area contributed by atoms with Crippen molar-refractivity contribution >= 4 is 5.91 Å². The second-order valence-electron chi connectivity index (χ2n) is 5.08. The zero-order valence-electron chi connectivity index (χ0n) is 11.7. The molecule has 4 nitrogen and oxygen atoms in total. The summed E-state index contributed by atoms with van der Waals surface area (Å²) in [4.78, 5) is 14.1. The van der Waals surface area contributed by atoms with Crippen LogP contribution in [0.1, 0.15) is 18.9 Å². The Morgan fingerprint density at radius 3 is 2.84 bits per heavy atom. The first-order valence-corrected chi connectivity index (χ1v) is 6.86. The van der Waals surface area contributed by atoms with Gasteiger partial charge in [0.1, 0.15) is 5.75 Å². The van der Waals surface area contributed by atoms with Crippen LogP contribution in [0.25, 0.3) is 0 Å². The summed E-state index contributed by atoms with van der Waals surface area (Å²) < 4.78 is 5.55. The number of carbonyl (C=O) groups excluding carboxylic acids is 1. The van der Waals surface area contributed by atoms with Crippen LogP contribution in [0.3, 0.4) is 0 Å². The average molecular weight is 262 g/mol. The number of nitrogens with zero attached hydrogens (tertiary/aromatic N) is 1. The highest BCUT2D eigenvalue weighted by Gasteiger charge is 2.21. The third-order valence-electron chi connectivity index (χ3n) is 3.50. The number of aryl methyl sites for hydroxylation is 1. The Morgan fingerprint density at radius 1 is 1.37 bits per heavy atom. The molecule has 0 bridgehead atoms. The van der Waals surface area contributed by atoms with E-state index in [1.807, 2.05) is 36.1 Å². The minimum absolute atomic E-state index is 0.0665. The molecule has 0 spiro atoms. The van der Waals surface area contributed by atoms with Gasteiger partial charge in [-0.25, -0.2) is 0 Å². The molecule has 1 N–H and O–H groups in total. The van der Waals surface area contributed by atoms with Gasteiger partial charge in [0.2, 0.25) is 0 Å². The van der Waals surface area contributed by atoms with Crippen molar-refractivity contribution in [2.75, 3.05) is 26.2 Å². The third kappa shape index (κ3) is 3.96. The van der Waals surface area contributed by atoms with Crippen molar-refractivity contribution in [1.82, 2.24) is 10.2 Å². The molecule has 4 heteroatoms. The fourth-order valence-electron chi connectivity index (χ4n) is 2.24. The van der Waals surface area contributed by atoms with Gasteiger partial charge in [-0.15, -0.1) is 0 Å². The van der Waals surface area contributed by atoms with Gasteiger partial charge in [0.15, 0.2) is 6.61 Å². The first-order valence-electron chi connectivity index (χ1n) is 6.86. The van der Waals surface area contributed by atoms with E-state index in [-0.39, 0.29) is 18.6 Å². The first-order chi connectivity index (χ1) is 9.16. The predicted octanol–water partition coefficient (Wildman–Crippen LogP) is 1.58. The van der Waals surface area contributed by atoms with Crippen LogP contribution in [0.2, 0.25) is 0 Å². The van der Waals surface area contributed by atoms with Crippen molar-refractivity contribution in [2.24, 2.45) is 0 Å². The summed E-state index contributed by atoms with van der Waals surface area (Å²) in [5, 5.41) is 3.31. The number of rotatable bonds is 3. The van der Waals surface area contributed by atoms with Crippen molar-refractivity contribution in [2.45, 2.75) is 26.3 Å². The van der Waals surface area contributed by atoms with Crippen LogP contribution in [0.15, 0.2) is 24.3 Å². The molecule has 1 atom stereocenters. The first kappa shape index (κ1) is 13.9. The Labute approximate surface area is 114 Å². The van der Waals surface area contributed by atoms with E-state index in [4.69, 9.17) is 4.74 Å². The second kappa shape index (κ2) is 6.57. The van der Waals surface area contributed by atoms with Gasteiger partial charge in [0.25, 0.3) is 5.91 Å². The number of hydrogen-bond acceptors (Lipinski definition) is 3. The molecule has 1 aromatic carbocycles. The molecule has 0 aromatic heterocycles. The van der Waals surface area contributed by atoms with Gasteiger partial charge in [-0.1, -0.05) is 17.7 Å². The van der Waals surface area contributed by atoms with Crippen molar-refractivity contribution in [3.63, 3.8) is 0 Å². The van der Waals surface area contributed by atoms with Crippen LogP contribution < -0.4 is 10.1 Å². The molecule has 2 rings (SSSR count). The fraction of sp³-hybridized carbons (Fsp3) is 0.533. The Balaban J connectivity index is 1.87. The molecule has 104 valence electrons. The molecule has 19 heavy (non-hydrogen) atoms. The summed E-state index contributed by atoms with van der Waals surface area (Å²) in [6, 6.07) is 8.05. The monoisotopic (exact) mass is 262 g/mol. The van der Waals surface area contributed by atoms with E-state index in [2.05, 4.69) is 12.2 Å². The van der Waals surface area contributed by atoms with Crippen molar-refractivity contribution in [3.05, 3.63) is 29.8 Å². The van der Waals surface area contributed by atoms with E-state index in [9.17, 15) is 4.79 Å². The Bertz CT molecular complexity index is 417. The van der Waals surface area contributed by atoms with Crippen LogP contribution in [0.4, 0.5) is 0 Å². The average Bonchev–Trinajstić information content (AvgIpc) is 2.62. The van der Waals surface area contributed by atoms with Crippen LogP contribution >= 0.6 is 0 Å². The highest BCUT2D eigenvalue weighted by molar-refractivity contribution is 5.78. The lowest BCUT2D eigenvalue weighted by atomic mass is 10.2. The molecule has 0 saturated carbocycles. The molecule has 1 heterocycles. The van der Waals surface area contributed by atoms with Crippen molar-refractivity contribution in [3.8, 4) is 5.75 Å². The molecule has 1 aliphatic rings. The zero-order chi connectivity index (χ0) is 13.7. The second-order valence-corrected chi connectivity index (χ2v) is 5.08. The van der Waals surface area contributed by atoms with E-state index >= 15 is 0 Å². The van der Waals surface area contributed by atoms with Crippen LogP contribution in [0.5, 0.6) is 5.75 Å².